The van der Waals surface area contributed by atoms with E-state index >= 15 is 0 Å². The molecule has 1 atom stereocenters. The van der Waals surface area contributed by atoms with Crippen LogP contribution in [0.1, 0.15) is 15.9 Å². The number of amides is 1. The van der Waals surface area contributed by atoms with Crippen LogP contribution in [0.3, 0.4) is 0 Å². The molecule has 3 aromatic carbocycles. The maximum Gasteiger partial charge on any atom is 0.261 e. The van der Waals surface area contributed by atoms with Gasteiger partial charge in [-0.05, 0) is 55.0 Å². The van der Waals surface area contributed by atoms with Crippen LogP contribution >= 0.6 is 0 Å². The first-order chi connectivity index (χ1) is 14.9. The fourth-order valence-electron chi connectivity index (χ4n) is 3.20. The van der Waals surface area contributed by atoms with Crippen molar-refractivity contribution >= 4 is 21.6 Å². The average Bonchev–Trinajstić information content (AvgIpc) is 2.79. The average molecular weight is 439 g/mol. The molecule has 0 aliphatic carbocycles. The van der Waals surface area contributed by atoms with Gasteiger partial charge in [0.05, 0.1) is 17.1 Å². The number of benzene rings is 3. The molecule has 7 nitrogen and oxygen atoms in total. The van der Waals surface area contributed by atoms with Gasteiger partial charge in [0.1, 0.15) is 12.7 Å². The molecule has 1 heterocycles. The van der Waals surface area contributed by atoms with Crippen molar-refractivity contribution in [2.75, 3.05) is 17.9 Å². The van der Waals surface area contributed by atoms with Crippen LogP contribution in [0, 0.1) is 6.92 Å². The molecule has 1 aliphatic heterocycles. The number of fused-ring (bicyclic) bond motifs is 1. The van der Waals surface area contributed by atoms with Crippen molar-refractivity contribution < 1.29 is 22.7 Å². The number of carbonyl (C=O) groups is 1. The van der Waals surface area contributed by atoms with E-state index in [2.05, 4.69) is 10.0 Å². The molecule has 0 unspecified atom stereocenters. The number of hydrogen-bond donors (Lipinski definition) is 2. The normalized spacial score (nSPS) is 15.2. The molecule has 0 fully saturated rings. The lowest BCUT2D eigenvalue weighted by molar-refractivity contribution is 0.0789. The van der Waals surface area contributed by atoms with E-state index in [1.807, 2.05) is 24.3 Å². The maximum absolute atomic E-state index is 12.6. The highest BCUT2D eigenvalue weighted by Gasteiger charge is 2.21. The minimum absolute atomic E-state index is 0.174. The fraction of sp³-hybridized carbons (Fsp3) is 0.174. The Morgan fingerprint density at radius 1 is 1.00 bits per heavy atom. The summed E-state index contributed by atoms with van der Waals surface area (Å²) in [7, 11) is -3.70. The molecule has 1 aliphatic rings. The summed E-state index contributed by atoms with van der Waals surface area (Å²) >= 11 is 0. The topological polar surface area (TPSA) is 93.7 Å². The van der Waals surface area contributed by atoms with Crippen molar-refractivity contribution in [2.45, 2.75) is 17.9 Å². The second kappa shape index (κ2) is 8.69. The lowest BCUT2D eigenvalue weighted by Crippen LogP contribution is -2.40. The molecule has 4 rings (SSSR count). The molecular weight excluding hydrogens is 416 g/mol. The number of hydrogen-bond acceptors (Lipinski definition) is 5. The van der Waals surface area contributed by atoms with E-state index in [4.69, 9.17) is 9.47 Å². The number of carbonyl (C=O) groups excluding carboxylic acids is 1. The highest BCUT2D eigenvalue weighted by molar-refractivity contribution is 7.92. The van der Waals surface area contributed by atoms with Crippen LogP contribution in [0.4, 0.5) is 5.69 Å². The smallest absolute Gasteiger partial charge is 0.261 e. The molecule has 0 bridgehead atoms. The summed E-state index contributed by atoms with van der Waals surface area (Å²) in [6, 6.07) is 20.3. The van der Waals surface area contributed by atoms with Crippen molar-refractivity contribution in [2.24, 2.45) is 0 Å². The quantitative estimate of drug-likeness (QED) is 0.616. The standard InChI is InChI=1S/C23H22N2O5S/c1-16-13-17(11-12-20(16)25-31(27,28)19-7-3-2-4-8-19)23(26)24-14-18-15-29-21-9-5-6-10-22(21)30-18/h2-13,18,25H,14-15H2,1H3,(H,24,26)/t18-/m1/s1. The lowest BCUT2D eigenvalue weighted by atomic mass is 10.1. The molecule has 1 amide bonds. The molecule has 0 saturated heterocycles. The Bertz CT molecular complexity index is 1200. The molecule has 160 valence electrons. The second-order valence-electron chi connectivity index (χ2n) is 7.16. The molecular formula is C23H22N2O5S. The molecule has 31 heavy (non-hydrogen) atoms. The highest BCUT2D eigenvalue weighted by Crippen LogP contribution is 2.30. The van der Waals surface area contributed by atoms with Crippen molar-refractivity contribution in [1.29, 1.82) is 0 Å². The summed E-state index contributed by atoms with van der Waals surface area (Å²) in [5.74, 6) is 1.07. The Balaban J connectivity index is 1.38. The third kappa shape index (κ3) is 4.80. The van der Waals surface area contributed by atoms with E-state index in [1.165, 1.54) is 12.1 Å². The predicted octanol–water partition coefficient (Wildman–Crippen LogP) is 3.37. The van der Waals surface area contributed by atoms with Crippen molar-refractivity contribution in [3.63, 3.8) is 0 Å². The third-order valence-electron chi connectivity index (χ3n) is 4.84. The number of sulfonamides is 1. The fourth-order valence-corrected chi connectivity index (χ4v) is 4.35. The Kier molecular flexibility index (Phi) is 5.81. The van der Waals surface area contributed by atoms with Crippen LogP contribution < -0.4 is 19.5 Å². The van der Waals surface area contributed by atoms with Gasteiger partial charge in [0.15, 0.2) is 11.5 Å². The second-order valence-corrected chi connectivity index (χ2v) is 8.84. The summed E-state index contributed by atoms with van der Waals surface area (Å²) in [6.07, 6.45) is -0.295. The number of nitrogens with one attached hydrogen (secondary N) is 2. The molecule has 8 heteroatoms. The molecule has 0 aromatic heterocycles. The maximum atomic E-state index is 12.6. The molecule has 3 aromatic rings. The Hall–Kier alpha value is -3.52. The van der Waals surface area contributed by atoms with E-state index in [1.54, 1.807) is 43.3 Å². The van der Waals surface area contributed by atoms with E-state index in [9.17, 15) is 13.2 Å². The van der Waals surface area contributed by atoms with Gasteiger partial charge in [0.25, 0.3) is 15.9 Å². The highest BCUT2D eigenvalue weighted by atomic mass is 32.2. The predicted molar refractivity (Wildman–Crippen MR) is 117 cm³/mol. The summed E-state index contributed by atoms with van der Waals surface area (Å²) in [6.45, 7) is 2.37. The minimum Gasteiger partial charge on any atom is -0.486 e. The van der Waals surface area contributed by atoms with Gasteiger partial charge in [-0.3, -0.25) is 9.52 Å². The van der Waals surface area contributed by atoms with Gasteiger partial charge in [-0.15, -0.1) is 0 Å². The first-order valence-electron chi connectivity index (χ1n) is 9.77. The van der Waals surface area contributed by atoms with Gasteiger partial charge in [0.2, 0.25) is 0 Å². The van der Waals surface area contributed by atoms with Gasteiger partial charge >= 0.3 is 0 Å². The van der Waals surface area contributed by atoms with Crippen LogP contribution in [0.15, 0.2) is 77.7 Å². The van der Waals surface area contributed by atoms with Crippen LogP contribution in [0.5, 0.6) is 11.5 Å². The zero-order valence-corrected chi connectivity index (χ0v) is 17.7. The Morgan fingerprint density at radius 3 is 2.45 bits per heavy atom. The monoisotopic (exact) mass is 438 g/mol. The lowest BCUT2D eigenvalue weighted by Gasteiger charge is -2.26. The van der Waals surface area contributed by atoms with Crippen LogP contribution in [-0.2, 0) is 10.0 Å². The van der Waals surface area contributed by atoms with Gasteiger partial charge in [0, 0.05) is 5.56 Å². The summed E-state index contributed by atoms with van der Waals surface area (Å²) in [4.78, 5) is 12.7. The first kappa shape index (κ1) is 20.7. The number of aryl methyl sites for hydroxylation is 1. The summed E-state index contributed by atoms with van der Waals surface area (Å²) < 4.78 is 39.1. The van der Waals surface area contributed by atoms with E-state index in [0.717, 1.165) is 0 Å². The molecule has 2 N–H and O–H groups in total. The number of rotatable bonds is 6. The Labute approximate surface area is 181 Å². The Morgan fingerprint density at radius 2 is 1.71 bits per heavy atom. The van der Waals surface area contributed by atoms with Crippen LogP contribution in [-0.4, -0.2) is 33.6 Å². The third-order valence-corrected chi connectivity index (χ3v) is 6.23. The summed E-state index contributed by atoms with van der Waals surface area (Å²) in [5, 5.41) is 2.84. The van der Waals surface area contributed by atoms with Crippen molar-refractivity contribution in [3.8, 4) is 11.5 Å². The molecule has 0 radical (unpaired) electrons. The van der Waals surface area contributed by atoms with Gasteiger partial charge in [-0.1, -0.05) is 30.3 Å². The van der Waals surface area contributed by atoms with Crippen LogP contribution in [0.2, 0.25) is 0 Å². The molecule has 0 spiro atoms. The van der Waals surface area contributed by atoms with E-state index in [-0.39, 0.29) is 23.5 Å². The summed E-state index contributed by atoms with van der Waals surface area (Å²) in [5.41, 5.74) is 1.48. The number of ether oxygens (including phenoxy) is 2. The number of anilines is 1. The molecule has 0 saturated carbocycles. The van der Waals surface area contributed by atoms with Gasteiger partial charge in [-0.2, -0.15) is 0 Å². The van der Waals surface area contributed by atoms with Crippen LogP contribution in [0.25, 0.3) is 0 Å². The van der Waals surface area contributed by atoms with Gasteiger partial charge in [-0.25, -0.2) is 8.42 Å². The zero-order chi connectivity index (χ0) is 21.8. The van der Waals surface area contributed by atoms with E-state index in [0.29, 0.717) is 34.9 Å². The minimum atomic E-state index is -3.70. The SMILES string of the molecule is Cc1cc(C(=O)NC[C@@H]2COc3ccccc3O2)ccc1NS(=O)(=O)c1ccccc1. The zero-order valence-electron chi connectivity index (χ0n) is 16.9. The van der Waals surface area contributed by atoms with Gasteiger partial charge < -0.3 is 14.8 Å². The van der Waals surface area contributed by atoms with Crippen molar-refractivity contribution in [1.82, 2.24) is 5.32 Å². The number of para-hydroxylation sites is 2. The first-order valence-corrected chi connectivity index (χ1v) is 11.3. The largest absolute Gasteiger partial charge is 0.486 e. The van der Waals surface area contributed by atoms with E-state index < -0.39 is 10.0 Å². The van der Waals surface area contributed by atoms with Crippen molar-refractivity contribution in [3.05, 3.63) is 83.9 Å².